The number of nitrogens with zero attached hydrogens (tertiary/aromatic N) is 1. The molecule has 0 fully saturated rings. The average molecular weight is 229 g/mol. The van der Waals surface area contributed by atoms with Gasteiger partial charge in [0.1, 0.15) is 0 Å². The standard InChI is InChI=1S/C9H12NO4P/c1-8-2-4-9(5-3-8)6-7-14-15(12,13)10-11/h2-5H,6-7H2,1H3,(H,12,13). The van der Waals surface area contributed by atoms with Crippen molar-refractivity contribution in [1.82, 2.24) is 0 Å². The van der Waals surface area contributed by atoms with Gasteiger partial charge in [0.25, 0.3) is 0 Å². The zero-order valence-electron chi connectivity index (χ0n) is 8.29. The first-order valence-corrected chi connectivity index (χ1v) is 5.94. The zero-order chi connectivity index (χ0) is 11.3. The van der Waals surface area contributed by atoms with E-state index in [9.17, 15) is 9.47 Å². The second-order valence-corrected chi connectivity index (χ2v) is 4.54. The molecule has 0 radical (unpaired) electrons. The van der Waals surface area contributed by atoms with Crippen LogP contribution in [0.15, 0.2) is 29.2 Å². The second-order valence-electron chi connectivity index (χ2n) is 3.14. The molecule has 1 atom stereocenters. The Labute approximate surface area is 87.6 Å². The normalized spacial score (nSPS) is 14.5. The molecule has 82 valence electrons. The molecule has 0 aromatic heterocycles. The van der Waals surface area contributed by atoms with Crippen LogP contribution in [0.4, 0.5) is 0 Å². The predicted octanol–water partition coefficient (Wildman–Crippen LogP) is 2.42. The Balaban J connectivity index is 2.41. The van der Waals surface area contributed by atoms with Crippen LogP contribution < -0.4 is 0 Å². The van der Waals surface area contributed by atoms with Crippen molar-refractivity contribution in [2.75, 3.05) is 6.61 Å². The molecule has 0 aliphatic rings. The molecule has 1 aromatic rings. The Morgan fingerprint density at radius 1 is 1.40 bits per heavy atom. The van der Waals surface area contributed by atoms with Crippen LogP contribution in [0.3, 0.4) is 0 Å². The molecule has 0 amide bonds. The molecule has 1 N–H and O–H groups in total. The molecule has 1 unspecified atom stereocenters. The summed E-state index contributed by atoms with van der Waals surface area (Å²) in [5.41, 5.74) is 2.12. The van der Waals surface area contributed by atoms with Gasteiger partial charge in [-0.1, -0.05) is 29.8 Å². The van der Waals surface area contributed by atoms with Gasteiger partial charge in [-0.05, 0) is 18.9 Å². The molecule has 1 rings (SSSR count). The molecule has 0 aliphatic heterocycles. The number of rotatable bonds is 5. The maximum absolute atomic E-state index is 10.7. The van der Waals surface area contributed by atoms with E-state index in [1.54, 1.807) is 0 Å². The Morgan fingerprint density at radius 3 is 2.53 bits per heavy atom. The minimum Gasteiger partial charge on any atom is -0.305 e. The molecule has 1 aromatic carbocycles. The van der Waals surface area contributed by atoms with Gasteiger partial charge in [0.05, 0.1) is 6.61 Å². The minimum absolute atomic E-state index is 0.00256. The van der Waals surface area contributed by atoms with Crippen LogP contribution in [0.25, 0.3) is 0 Å². The first-order valence-electron chi connectivity index (χ1n) is 4.41. The van der Waals surface area contributed by atoms with E-state index in [0.717, 1.165) is 11.1 Å². The van der Waals surface area contributed by atoms with Crippen molar-refractivity contribution in [2.45, 2.75) is 13.3 Å². The fraction of sp³-hybridized carbons (Fsp3) is 0.333. The highest BCUT2D eigenvalue weighted by atomic mass is 31.2. The van der Waals surface area contributed by atoms with E-state index in [-0.39, 0.29) is 6.61 Å². The van der Waals surface area contributed by atoms with Crippen molar-refractivity contribution in [3.63, 3.8) is 0 Å². The third kappa shape index (κ3) is 4.34. The van der Waals surface area contributed by atoms with Gasteiger partial charge >= 0.3 is 7.75 Å². The summed E-state index contributed by atoms with van der Waals surface area (Å²) >= 11 is 0. The number of nitroso groups, excluding NO2 is 1. The SMILES string of the molecule is Cc1ccc(CCOP(=O)(O)N=O)cc1. The molecular weight excluding hydrogens is 217 g/mol. The van der Waals surface area contributed by atoms with Gasteiger partial charge in [0, 0.05) is 4.95 Å². The largest absolute Gasteiger partial charge is 0.487 e. The highest BCUT2D eigenvalue weighted by Gasteiger charge is 2.18. The lowest BCUT2D eigenvalue weighted by molar-refractivity contribution is 0.263. The van der Waals surface area contributed by atoms with Crippen molar-refractivity contribution in [2.24, 2.45) is 4.95 Å². The van der Waals surface area contributed by atoms with Gasteiger partial charge in [-0.25, -0.2) is 4.57 Å². The molecule has 0 saturated heterocycles. The summed E-state index contributed by atoms with van der Waals surface area (Å²) in [6.45, 7) is 1.97. The first-order chi connectivity index (χ1) is 7.03. The molecule has 6 heteroatoms. The van der Waals surface area contributed by atoms with E-state index in [1.165, 1.54) is 0 Å². The van der Waals surface area contributed by atoms with Gasteiger partial charge < -0.3 is 4.89 Å². The summed E-state index contributed by atoms with van der Waals surface area (Å²) in [5, 5.41) is 0. The van der Waals surface area contributed by atoms with Crippen LogP contribution in [-0.2, 0) is 15.5 Å². The average Bonchev–Trinajstić information content (AvgIpc) is 2.21. The number of aryl methyl sites for hydroxylation is 1. The summed E-state index contributed by atoms with van der Waals surface area (Å²) in [5.74, 6) is 0. The maximum atomic E-state index is 10.7. The lowest BCUT2D eigenvalue weighted by atomic mass is 10.1. The van der Waals surface area contributed by atoms with Crippen LogP contribution in [0.1, 0.15) is 11.1 Å². The quantitative estimate of drug-likeness (QED) is 0.621. The first kappa shape index (κ1) is 12.0. The fourth-order valence-electron chi connectivity index (χ4n) is 1.06. The molecule has 0 heterocycles. The van der Waals surface area contributed by atoms with E-state index < -0.39 is 7.75 Å². The van der Waals surface area contributed by atoms with Crippen LogP contribution in [0.2, 0.25) is 0 Å². The Bertz CT molecular complexity index is 376. The van der Waals surface area contributed by atoms with Crippen molar-refractivity contribution < 1.29 is 14.0 Å². The molecule has 5 nitrogen and oxygen atoms in total. The van der Waals surface area contributed by atoms with E-state index >= 15 is 0 Å². The number of benzene rings is 1. The lowest BCUT2D eigenvalue weighted by Gasteiger charge is -2.04. The summed E-state index contributed by atoms with van der Waals surface area (Å²) in [6, 6.07) is 7.67. The van der Waals surface area contributed by atoms with Crippen molar-refractivity contribution in [1.29, 1.82) is 0 Å². The Kier molecular flexibility index (Phi) is 4.15. The summed E-state index contributed by atoms with van der Waals surface area (Å²) in [6.07, 6.45) is 0.473. The van der Waals surface area contributed by atoms with E-state index in [1.807, 2.05) is 36.1 Å². The molecular formula is C9H12NO4P. The van der Waals surface area contributed by atoms with E-state index in [2.05, 4.69) is 4.52 Å². The third-order valence-electron chi connectivity index (χ3n) is 1.87. The fourth-order valence-corrected chi connectivity index (χ4v) is 1.44. The van der Waals surface area contributed by atoms with Gasteiger partial charge in [-0.3, -0.25) is 4.52 Å². The van der Waals surface area contributed by atoms with Crippen molar-refractivity contribution in [3.05, 3.63) is 40.3 Å². The van der Waals surface area contributed by atoms with Gasteiger partial charge in [-0.15, -0.1) is 4.91 Å². The molecule has 15 heavy (non-hydrogen) atoms. The summed E-state index contributed by atoms with van der Waals surface area (Å²) in [4.78, 5) is 20.5. The van der Waals surface area contributed by atoms with Crippen LogP contribution in [0.5, 0.6) is 0 Å². The van der Waals surface area contributed by atoms with Crippen LogP contribution in [0, 0.1) is 11.8 Å². The number of hydrogen-bond donors (Lipinski definition) is 1. The molecule has 0 spiro atoms. The lowest BCUT2D eigenvalue weighted by Crippen LogP contribution is -1.95. The van der Waals surface area contributed by atoms with Gasteiger partial charge in [-0.2, -0.15) is 0 Å². The van der Waals surface area contributed by atoms with Crippen LogP contribution >= 0.6 is 7.75 Å². The highest BCUT2D eigenvalue weighted by molar-refractivity contribution is 7.51. The maximum Gasteiger partial charge on any atom is 0.487 e. The third-order valence-corrected chi connectivity index (χ3v) is 2.60. The second kappa shape index (κ2) is 5.16. The van der Waals surface area contributed by atoms with Gasteiger partial charge in [0.2, 0.25) is 0 Å². The Hall–Kier alpha value is -1.03. The molecule has 0 aliphatic carbocycles. The summed E-state index contributed by atoms with van der Waals surface area (Å²) < 4.78 is 15.1. The number of hydrogen-bond acceptors (Lipinski definition) is 3. The molecule has 0 saturated carbocycles. The highest BCUT2D eigenvalue weighted by Crippen LogP contribution is 2.42. The van der Waals surface area contributed by atoms with E-state index in [0.29, 0.717) is 6.42 Å². The van der Waals surface area contributed by atoms with Crippen molar-refractivity contribution >= 4 is 7.75 Å². The van der Waals surface area contributed by atoms with E-state index in [4.69, 9.17) is 4.89 Å². The van der Waals surface area contributed by atoms with Gasteiger partial charge in [0.15, 0.2) is 0 Å². The Morgan fingerprint density at radius 2 is 2.00 bits per heavy atom. The van der Waals surface area contributed by atoms with Crippen LogP contribution in [-0.4, -0.2) is 11.5 Å². The monoisotopic (exact) mass is 229 g/mol. The molecule has 0 bridgehead atoms. The minimum atomic E-state index is -4.25. The van der Waals surface area contributed by atoms with Crippen molar-refractivity contribution in [3.8, 4) is 0 Å². The smallest absolute Gasteiger partial charge is 0.305 e. The summed E-state index contributed by atoms with van der Waals surface area (Å²) in [7, 11) is -4.25. The zero-order valence-corrected chi connectivity index (χ0v) is 9.18. The predicted molar refractivity (Wildman–Crippen MR) is 56.5 cm³/mol. The topological polar surface area (TPSA) is 76.0 Å².